The van der Waals surface area contributed by atoms with Gasteiger partial charge >= 0.3 is 180 Å². The standard InChI is InChI=1S/6C9H20NO.6AsFH2O3/c6*1-10(8-9-11-2)6-4-3-5-7-10;6*2-1(3,4)5/h6*3-9H2,1-2H3;6*(H2,3,4,5)/q6*+1;;;;;;/p-6. The molecule has 0 aromatic heterocycles. The van der Waals surface area contributed by atoms with Crippen molar-refractivity contribution in [3.63, 3.8) is 0 Å². The van der Waals surface area contributed by atoms with Crippen LogP contribution in [0.3, 0.4) is 0 Å². The van der Waals surface area contributed by atoms with Crippen LogP contribution in [0.15, 0.2) is 0 Å². The summed E-state index contributed by atoms with van der Waals surface area (Å²) >= 11 is -35.2. The van der Waals surface area contributed by atoms with Gasteiger partial charge in [-0.25, -0.2) is 0 Å². The molecule has 6 atom stereocenters. The average molecular weight is 1810 g/mol. The van der Waals surface area contributed by atoms with Crippen LogP contribution in [-0.4, -0.2) is 382 Å². The van der Waals surface area contributed by atoms with Crippen molar-refractivity contribution in [2.45, 2.75) is 116 Å². The maximum atomic E-state index is 10.3. The van der Waals surface area contributed by atoms with Gasteiger partial charge in [-0.15, -0.1) is 0 Å². The Balaban J connectivity index is -0.000000234. The molecule has 6 saturated heterocycles. The van der Waals surface area contributed by atoms with Crippen LogP contribution in [0.5, 0.6) is 0 Å². The zero-order chi connectivity index (χ0) is 75.9. The Kier molecular flexibility index (Phi) is 66.2. The minimum atomic E-state index is -5.88. The molecular formula is C54H126As6F6N6O24. The first-order valence-corrected chi connectivity index (χ1v) is 50.4. The van der Waals surface area contributed by atoms with E-state index in [1.807, 2.05) is 0 Å². The molecular weight excluding hydrogens is 1680 g/mol. The van der Waals surface area contributed by atoms with Gasteiger partial charge in [0.1, 0.15) is 39.3 Å². The minimum absolute atomic E-state index is 0.913. The maximum absolute atomic E-state index is 10.3. The molecule has 588 valence electrons. The first-order valence-electron chi connectivity index (χ1n) is 32.0. The van der Waals surface area contributed by atoms with Crippen molar-refractivity contribution in [2.24, 2.45) is 0 Å². The second-order valence-electron chi connectivity index (χ2n) is 25.8. The third-order valence-corrected chi connectivity index (χ3v) is 16.4. The fraction of sp³-hybridized carbons (Fsp3) is 1.00. The summed E-state index contributed by atoms with van der Waals surface area (Å²) in [5.41, 5.74) is 0. The van der Waals surface area contributed by atoms with Gasteiger partial charge in [0.05, 0.1) is 160 Å². The molecule has 30 nitrogen and oxygen atoms in total. The molecule has 6 unspecified atom stereocenters. The van der Waals surface area contributed by atoms with Gasteiger partial charge in [0.2, 0.25) is 0 Å². The molecule has 0 radical (unpaired) electrons. The average Bonchev–Trinajstić information content (AvgIpc) is 1.00. The molecule has 0 spiro atoms. The Morgan fingerprint density at radius 3 is 0.375 bits per heavy atom. The first kappa shape index (κ1) is 108. The molecule has 0 aliphatic carbocycles. The Bertz CT molecular complexity index is 1690. The van der Waals surface area contributed by atoms with Gasteiger partial charge < -0.3 is 55.3 Å². The van der Waals surface area contributed by atoms with Gasteiger partial charge in [-0.05, 0) is 116 Å². The molecule has 0 amide bonds. The van der Waals surface area contributed by atoms with E-state index < -0.39 is 87.9 Å². The Hall–Kier alpha value is 0.771. The van der Waals surface area contributed by atoms with Crippen molar-refractivity contribution in [2.75, 3.05) is 242 Å². The van der Waals surface area contributed by atoms with E-state index >= 15 is 0 Å². The molecule has 0 aromatic carbocycles. The number of rotatable bonds is 18. The van der Waals surface area contributed by atoms with Crippen molar-refractivity contribution in [1.82, 2.24) is 0 Å². The molecule has 42 heteroatoms. The van der Waals surface area contributed by atoms with E-state index in [1.165, 1.54) is 260 Å². The van der Waals surface area contributed by atoms with E-state index in [4.69, 9.17) is 100 Å². The number of hydrogen-bond acceptors (Lipinski definition) is 18. The Morgan fingerprint density at radius 2 is 0.312 bits per heavy atom. The fourth-order valence-electron chi connectivity index (χ4n) is 10.9. The number of ether oxygens (including phenoxy) is 6. The van der Waals surface area contributed by atoms with Crippen LogP contribution in [0, 0.1) is 0 Å². The zero-order valence-corrected chi connectivity index (χ0v) is 70.6. The summed E-state index contributed by atoms with van der Waals surface area (Å²) < 4.78 is 245. The molecule has 0 bridgehead atoms. The number of likely N-dealkylation sites (N-methyl/N-ethyl adjacent to an activating group) is 6. The summed E-state index contributed by atoms with van der Waals surface area (Å²) in [6, 6.07) is 0. The number of quaternary nitrogens is 6. The van der Waals surface area contributed by atoms with E-state index in [9.17, 15) is 20.8 Å². The van der Waals surface area contributed by atoms with Crippen molar-refractivity contribution < 1.29 is 148 Å². The molecule has 6 heterocycles. The van der Waals surface area contributed by atoms with Crippen LogP contribution in [-0.2, 0) is 50.9 Å². The quantitative estimate of drug-likeness (QED) is 0.0443. The normalized spacial score (nSPS) is 22.8. The number of nitrogens with zero attached hydrogens (tertiary/aromatic N) is 6. The van der Waals surface area contributed by atoms with Crippen LogP contribution in [0.4, 0.5) is 20.8 Å². The van der Waals surface area contributed by atoms with Crippen molar-refractivity contribution in [3.8, 4) is 0 Å². The summed E-state index contributed by atoms with van der Waals surface area (Å²) in [7, 11) is 24.8. The molecule has 6 aliphatic heterocycles. The summed E-state index contributed by atoms with van der Waals surface area (Å²) in [4.78, 5) is 0. The van der Waals surface area contributed by atoms with Gasteiger partial charge in [0.15, 0.2) is 0 Å². The van der Waals surface area contributed by atoms with Crippen molar-refractivity contribution in [3.05, 3.63) is 0 Å². The van der Waals surface area contributed by atoms with Gasteiger partial charge in [0.25, 0.3) is 0 Å². The molecule has 96 heavy (non-hydrogen) atoms. The van der Waals surface area contributed by atoms with E-state index in [-0.39, 0.29) is 0 Å². The summed E-state index contributed by atoms with van der Waals surface area (Å²) in [5, 5.41) is 0. The molecule has 6 aliphatic rings. The number of methoxy groups -OCH3 is 6. The topological polar surface area (TPSA) is 418 Å². The van der Waals surface area contributed by atoms with Crippen LogP contribution in [0.1, 0.15) is 116 Å². The van der Waals surface area contributed by atoms with E-state index in [0.717, 1.165) is 39.6 Å². The van der Waals surface area contributed by atoms with Crippen molar-refractivity contribution >= 4 is 87.9 Å². The zero-order valence-electron chi connectivity index (χ0n) is 59.4. The van der Waals surface area contributed by atoms with Crippen LogP contribution >= 0.6 is 0 Å². The first-order chi connectivity index (χ1) is 43.6. The van der Waals surface area contributed by atoms with Crippen molar-refractivity contribution in [1.29, 1.82) is 0 Å². The van der Waals surface area contributed by atoms with E-state index in [1.54, 1.807) is 42.7 Å². The number of hydrogen-bond donors (Lipinski definition) is 6. The van der Waals surface area contributed by atoms with E-state index in [2.05, 4.69) is 42.3 Å². The Morgan fingerprint density at radius 1 is 0.240 bits per heavy atom. The molecule has 6 N–H and O–H groups in total. The number of halogens is 6. The van der Waals surface area contributed by atoms with Gasteiger partial charge in [-0.2, -0.15) is 0 Å². The number of piperidine rings is 6. The predicted octanol–water partition coefficient (Wildman–Crippen LogP) is -3.37. The van der Waals surface area contributed by atoms with Crippen LogP contribution in [0.25, 0.3) is 0 Å². The predicted molar refractivity (Wildman–Crippen MR) is 338 cm³/mol. The molecule has 0 aromatic rings. The second kappa shape index (κ2) is 59.0. The third-order valence-electron chi connectivity index (χ3n) is 16.4. The second-order valence-corrected chi connectivity index (χ2v) is 37.1. The monoisotopic (exact) mass is 1810 g/mol. The molecule has 0 saturated carbocycles. The van der Waals surface area contributed by atoms with E-state index in [0.29, 0.717) is 0 Å². The third kappa shape index (κ3) is 101. The summed E-state index contributed by atoms with van der Waals surface area (Å²) in [6.07, 6.45) is 25.4. The SMILES string of the molecule is COCC[N+]1(C)CCCCC1.COCC[N+]1(C)CCCCC1.COCC[N+]1(C)CCCCC1.COCC[N+]1(C)CCCCC1.COCC[N+]1(C)CCCCC1.COCC[N+]1(C)CCCCC1.O=[As]([O-])(O)F.O=[As]([O-])(O)F.O=[As]([O-])(O)F.O=[As]([O-])(O)F.O=[As]([O-])(O)F.O=[As]([O-])(O)F. The summed E-state index contributed by atoms with van der Waals surface area (Å²) in [6.45, 7) is 28.8. The van der Waals surface area contributed by atoms with Crippen LogP contribution < -0.4 is 24.6 Å². The van der Waals surface area contributed by atoms with Gasteiger partial charge in [-0.3, -0.25) is 0 Å². The number of likely N-dealkylation sites (tertiary alicyclic amines) is 6. The Labute approximate surface area is 589 Å². The van der Waals surface area contributed by atoms with Gasteiger partial charge in [0, 0.05) is 42.7 Å². The van der Waals surface area contributed by atoms with Crippen LogP contribution in [0.2, 0.25) is 0 Å². The fourth-order valence-corrected chi connectivity index (χ4v) is 10.9. The molecule has 6 fully saturated rings. The molecule has 6 rings (SSSR count). The summed E-state index contributed by atoms with van der Waals surface area (Å²) in [5.74, 6) is 0. The van der Waals surface area contributed by atoms with Gasteiger partial charge in [-0.1, -0.05) is 0 Å².